The van der Waals surface area contributed by atoms with E-state index in [0.717, 1.165) is 22.5 Å². The Bertz CT molecular complexity index is 1720. The van der Waals surface area contributed by atoms with Crippen molar-refractivity contribution in [2.45, 2.75) is 77.7 Å². The summed E-state index contributed by atoms with van der Waals surface area (Å²) in [7, 11) is 4.09. The lowest BCUT2D eigenvalue weighted by Crippen LogP contribution is -2.42. The van der Waals surface area contributed by atoms with Crippen LogP contribution >= 0.6 is 11.6 Å². The third-order valence-corrected chi connectivity index (χ3v) is 14.1. The highest BCUT2D eigenvalue weighted by molar-refractivity contribution is 6.74. The molecule has 1 amide bonds. The summed E-state index contributed by atoms with van der Waals surface area (Å²) in [5.41, 5.74) is 4.00. The normalized spacial score (nSPS) is 13.2. The van der Waals surface area contributed by atoms with Gasteiger partial charge in [0.15, 0.2) is 19.8 Å². The SMILES string of the molecule is COc1ccc(OC)c(C(O[Si](C)(C)C(C)(C)C)c2c(C[N]C(=O)CCC(C)Cc3ccc(OC)c(OC)c3Cl)nc3ccccn23)c1. The average molecular weight is 695 g/mol. The summed E-state index contributed by atoms with van der Waals surface area (Å²) in [6, 6.07) is 15.4. The number of nitrogens with zero attached hydrogens (tertiary/aromatic N) is 3. The van der Waals surface area contributed by atoms with Crippen molar-refractivity contribution in [1.82, 2.24) is 14.7 Å². The van der Waals surface area contributed by atoms with Crippen molar-refractivity contribution >= 4 is 31.5 Å². The van der Waals surface area contributed by atoms with Crippen molar-refractivity contribution < 1.29 is 28.2 Å². The lowest BCUT2D eigenvalue weighted by Gasteiger charge is -2.39. The summed E-state index contributed by atoms with van der Waals surface area (Å²) in [5.74, 6) is 2.47. The topological polar surface area (TPSA) is 94.6 Å². The molecule has 0 aliphatic heterocycles. The van der Waals surface area contributed by atoms with Crippen LogP contribution in [-0.2, 0) is 22.2 Å². The minimum atomic E-state index is -2.36. The monoisotopic (exact) mass is 694 g/mol. The lowest BCUT2D eigenvalue weighted by molar-refractivity contribution is -0.121. The van der Waals surface area contributed by atoms with Crippen molar-refractivity contribution in [2.75, 3.05) is 28.4 Å². The van der Waals surface area contributed by atoms with Crippen LogP contribution in [0, 0.1) is 5.92 Å². The fourth-order valence-electron chi connectivity index (χ4n) is 5.42. The molecule has 0 aliphatic rings. The van der Waals surface area contributed by atoms with E-state index in [4.69, 9.17) is 40.0 Å². The van der Waals surface area contributed by atoms with Gasteiger partial charge in [0.25, 0.3) is 0 Å². The van der Waals surface area contributed by atoms with Gasteiger partial charge in [-0.3, -0.25) is 4.79 Å². The molecule has 0 fully saturated rings. The van der Waals surface area contributed by atoms with Gasteiger partial charge in [0.1, 0.15) is 23.3 Å². The van der Waals surface area contributed by atoms with Gasteiger partial charge in [0, 0.05) is 18.2 Å². The first-order chi connectivity index (χ1) is 22.7. The number of benzene rings is 2. The van der Waals surface area contributed by atoms with Gasteiger partial charge in [0.2, 0.25) is 5.91 Å². The number of hydrogen-bond donors (Lipinski definition) is 0. The predicted octanol–water partition coefficient (Wildman–Crippen LogP) is 8.42. The Kier molecular flexibility index (Phi) is 12.1. The summed E-state index contributed by atoms with van der Waals surface area (Å²) in [5, 5.41) is 4.97. The van der Waals surface area contributed by atoms with Crippen LogP contribution in [0.5, 0.6) is 23.0 Å². The Hall–Kier alpha value is -3.73. The molecule has 2 heterocycles. The van der Waals surface area contributed by atoms with Crippen molar-refractivity contribution in [3.8, 4) is 23.0 Å². The molecule has 2 unspecified atom stereocenters. The van der Waals surface area contributed by atoms with Gasteiger partial charge >= 0.3 is 0 Å². The van der Waals surface area contributed by atoms with Crippen molar-refractivity contribution in [3.05, 3.63) is 82.3 Å². The van der Waals surface area contributed by atoms with Gasteiger partial charge in [-0.05, 0) is 78.9 Å². The van der Waals surface area contributed by atoms with Gasteiger partial charge in [-0.1, -0.05) is 51.4 Å². The smallest absolute Gasteiger partial charge is 0.241 e. The summed E-state index contributed by atoms with van der Waals surface area (Å²) in [4.78, 5) is 18.2. The first-order valence-corrected chi connectivity index (χ1v) is 19.5. The van der Waals surface area contributed by atoms with E-state index in [0.29, 0.717) is 53.0 Å². The van der Waals surface area contributed by atoms with E-state index in [-0.39, 0.29) is 23.4 Å². The largest absolute Gasteiger partial charge is 0.497 e. The Morgan fingerprint density at radius 1 is 0.979 bits per heavy atom. The van der Waals surface area contributed by atoms with Crippen LogP contribution < -0.4 is 24.3 Å². The molecule has 0 saturated heterocycles. The third-order valence-electron chi connectivity index (χ3n) is 9.22. The first kappa shape index (κ1) is 37.1. The van der Waals surface area contributed by atoms with E-state index in [2.05, 4.69) is 46.1 Å². The molecule has 4 rings (SSSR count). The Morgan fingerprint density at radius 3 is 2.33 bits per heavy atom. The van der Waals surface area contributed by atoms with Gasteiger partial charge < -0.3 is 27.8 Å². The minimum Gasteiger partial charge on any atom is -0.497 e. The average Bonchev–Trinajstić information content (AvgIpc) is 3.43. The number of ether oxygens (including phenoxy) is 4. The fraction of sp³-hybridized carbons (Fsp3) is 0.459. The van der Waals surface area contributed by atoms with Gasteiger partial charge in [-0.15, -0.1) is 0 Å². The summed E-state index contributed by atoms with van der Waals surface area (Å²) in [6.07, 6.45) is 3.07. The van der Waals surface area contributed by atoms with Crippen molar-refractivity contribution in [3.63, 3.8) is 0 Å². The third kappa shape index (κ3) is 8.27. The zero-order valence-electron chi connectivity index (χ0n) is 29.8. The van der Waals surface area contributed by atoms with E-state index in [9.17, 15) is 4.79 Å². The molecule has 0 aliphatic carbocycles. The van der Waals surface area contributed by atoms with E-state index in [1.54, 1.807) is 28.4 Å². The zero-order valence-corrected chi connectivity index (χ0v) is 31.6. The quantitative estimate of drug-likeness (QED) is 0.115. The number of carbonyl (C=O) groups excluding carboxylic acids is 1. The number of carbonyl (C=O) groups is 1. The van der Waals surface area contributed by atoms with Crippen molar-refractivity contribution in [1.29, 1.82) is 0 Å². The summed E-state index contributed by atoms with van der Waals surface area (Å²) >= 11 is 6.61. The van der Waals surface area contributed by atoms with Gasteiger partial charge in [-0.25, -0.2) is 10.3 Å². The molecule has 0 N–H and O–H groups in total. The van der Waals surface area contributed by atoms with E-state index < -0.39 is 14.4 Å². The minimum absolute atomic E-state index is 0.0732. The molecule has 0 bridgehead atoms. The number of amides is 1. The number of rotatable bonds is 15. The molecule has 0 spiro atoms. The molecular formula is C37H49ClN3O6Si. The second-order valence-electron chi connectivity index (χ2n) is 13.6. The Morgan fingerprint density at radius 2 is 1.69 bits per heavy atom. The van der Waals surface area contributed by atoms with Crippen LogP contribution in [-0.4, -0.2) is 52.0 Å². The molecule has 1 radical (unpaired) electrons. The number of imidazole rings is 1. The number of methoxy groups -OCH3 is 4. The maximum Gasteiger partial charge on any atom is 0.241 e. The van der Waals surface area contributed by atoms with Crippen LogP contribution in [0.4, 0.5) is 0 Å². The Balaban J connectivity index is 1.60. The number of hydrogen-bond acceptors (Lipinski definition) is 7. The second kappa shape index (κ2) is 15.7. The predicted molar refractivity (Wildman–Crippen MR) is 192 cm³/mol. The molecule has 2 aromatic heterocycles. The molecule has 11 heteroatoms. The van der Waals surface area contributed by atoms with Crippen LogP contribution in [0.1, 0.15) is 69.2 Å². The highest BCUT2D eigenvalue weighted by Crippen LogP contribution is 2.45. The molecule has 4 aromatic rings. The Labute approximate surface area is 291 Å². The number of halogens is 1. The molecule has 9 nitrogen and oxygen atoms in total. The highest BCUT2D eigenvalue weighted by atomic mass is 35.5. The van der Waals surface area contributed by atoms with E-state index in [1.165, 1.54) is 0 Å². The molecule has 2 aromatic carbocycles. The molecule has 0 saturated carbocycles. The maximum absolute atomic E-state index is 13.2. The second-order valence-corrected chi connectivity index (χ2v) is 18.7. The summed E-state index contributed by atoms with van der Waals surface area (Å²) in [6.45, 7) is 13.3. The van der Waals surface area contributed by atoms with Gasteiger partial charge in [-0.2, -0.15) is 0 Å². The lowest BCUT2D eigenvalue weighted by atomic mass is 9.96. The van der Waals surface area contributed by atoms with Crippen molar-refractivity contribution in [2.24, 2.45) is 5.92 Å². The number of aromatic nitrogens is 2. The van der Waals surface area contributed by atoms with Crippen LogP contribution in [0.15, 0.2) is 54.7 Å². The highest BCUT2D eigenvalue weighted by Gasteiger charge is 2.42. The molecule has 2 atom stereocenters. The van der Waals surface area contributed by atoms with Crippen LogP contribution in [0.2, 0.25) is 23.2 Å². The van der Waals surface area contributed by atoms with E-state index >= 15 is 0 Å². The van der Waals surface area contributed by atoms with E-state index in [1.807, 2.05) is 59.1 Å². The first-order valence-electron chi connectivity index (χ1n) is 16.2. The fourth-order valence-corrected chi connectivity index (χ4v) is 6.91. The molecule has 259 valence electrons. The summed E-state index contributed by atoms with van der Waals surface area (Å²) < 4.78 is 31.5. The number of pyridine rings is 1. The van der Waals surface area contributed by atoms with Gasteiger partial charge in [0.05, 0.1) is 51.4 Å². The standard InChI is InChI=1S/C37H49ClN3O6Si/c1-24(21-25-15-17-30(45-7)36(46-8)33(25)38)14-19-32(42)39-23-28-34(41-20-12-11-13-31(41)40-28)35(47-48(9,10)37(2,3)4)27-22-26(43-5)16-18-29(27)44-6/h11-13,15-18,20,22,24,35H,14,19,21,23H2,1-10H3. The number of fused-ring (bicyclic) bond motifs is 1. The molecule has 48 heavy (non-hydrogen) atoms. The molecular weight excluding hydrogens is 646 g/mol. The zero-order chi connectivity index (χ0) is 35.2. The maximum atomic E-state index is 13.2. The van der Waals surface area contributed by atoms with Crippen LogP contribution in [0.3, 0.4) is 0 Å². The van der Waals surface area contributed by atoms with Crippen LogP contribution in [0.25, 0.3) is 5.65 Å².